The highest BCUT2D eigenvalue weighted by Gasteiger charge is 2.36. The van der Waals surface area contributed by atoms with Gasteiger partial charge in [-0.2, -0.15) is 0 Å². The van der Waals surface area contributed by atoms with E-state index in [9.17, 15) is 49.5 Å². The lowest BCUT2D eigenvalue weighted by Gasteiger charge is -2.33. The third-order valence-electron chi connectivity index (χ3n) is 27.1. The quantitative estimate of drug-likeness (QED) is 0.0144. The average Bonchev–Trinajstić information content (AvgIpc) is 0.735. The highest BCUT2D eigenvalue weighted by molar-refractivity contribution is 6.27. The average molecular weight is 1860 g/mol. The first-order valence-electron chi connectivity index (χ1n) is 46.2. The lowest BCUT2D eigenvalue weighted by molar-refractivity contribution is -0.394. The summed E-state index contributed by atoms with van der Waals surface area (Å²) in [5.41, 5.74) is 11.7. The van der Waals surface area contributed by atoms with Crippen LogP contribution >= 0.6 is 0 Å². The molecule has 686 valence electrons. The van der Waals surface area contributed by atoms with Crippen molar-refractivity contribution in [2.24, 2.45) is 0 Å². The third-order valence-corrected chi connectivity index (χ3v) is 27.1. The van der Waals surface area contributed by atoms with E-state index in [-0.39, 0.29) is 28.3 Å². The highest BCUT2D eigenvalue weighted by Crippen LogP contribution is 2.50. The Labute approximate surface area is 814 Å². The van der Waals surface area contributed by atoms with Gasteiger partial charge >= 0.3 is 23.9 Å². The molecule has 1 unspecified atom stereocenters. The fourth-order valence-electron chi connectivity index (χ4n) is 19.6. The smallest absolute Gasteiger partial charge is 0.344 e. The van der Waals surface area contributed by atoms with E-state index < -0.39 is 60.9 Å². The summed E-state index contributed by atoms with van der Waals surface area (Å²) in [6.07, 6.45) is 0. The van der Waals surface area contributed by atoms with E-state index in [0.717, 1.165) is 134 Å². The highest BCUT2D eigenvalue weighted by atomic mass is 16.6. The number of esters is 4. The molecule has 19 heteroatoms. The number of rotatable bonds is 23. The number of nitro groups is 3. The van der Waals surface area contributed by atoms with Crippen molar-refractivity contribution in [3.63, 3.8) is 0 Å². The SMILES string of the molecule is Cc1ccc(N(c2ccc(C(C)(c3ccc(OC(=O)c4cc(C)cc([N+](=O)[O-])c4)cc3)c3ccc(OC(=O)c4cc([N+](=O)[O-])cc([N+](=O)[O-])c4)cc3)cc2)c2ccc3ccc4cccc5ccc2c3c45)cc1.Cc1ccc(N(c2ccc(C(C)(c3ccc(OC(=O)c4ccc5ccccc5c4)cc3)c3ccc(OC(=O)c4ccc5ccccc5c4)cc3)cc2)c2ccc3ccc4cccc5ccc2c3c45)cc1. The molecule has 0 aliphatic carbocycles. The van der Waals surface area contributed by atoms with Crippen LogP contribution in [-0.2, 0) is 10.8 Å². The van der Waals surface area contributed by atoms with Crippen molar-refractivity contribution in [2.45, 2.75) is 45.4 Å². The first-order chi connectivity index (χ1) is 68.9. The van der Waals surface area contributed by atoms with E-state index in [1.807, 2.05) is 153 Å². The molecule has 0 saturated heterocycles. The van der Waals surface area contributed by atoms with Crippen molar-refractivity contribution in [1.29, 1.82) is 0 Å². The Bertz CT molecular complexity index is 8560. The van der Waals surface area contributed by atoms with Gasteiger partial charge in [-0.05, 0) is 288 Å². The number of hydrogen-bond acceptors (Lipinski definition) is 16. The normalized spacial score (nSPS) is 11.9. The van der Waals surface area contributed by atoms with Gasteiger partial charge < -0.3 is 28.7 Å². The standard InChI is InChI=1S/C65H45NO4.C58H40N4O10/c1-42-14-30-55(31-15-42)66(60-39-23-47-19-18-45-12-7-13-46-22-38-59(60)62(47)61(45)46)56-32-24-52(25-33-56)65(2,53-26-34-57(35-27-53)69-63(67)50-20-16-43-8-3-5-10-48(43)40-50)54-28-36-58(37-29-54)70-64(68)51-21-17-44-9-4-6-11-49(44)41-51;1-35-7-19-45(20-8-35)59(53-28-12-39-10-9-37-5-4-6-38-11-27-52(53)55(39)54(37)38)46-21-13-42(14-22-46)58(3,43-15-23-50(24-16-43)71-56(63)40-29-36(2)30-47(31-40)60(65)66)44-17-25-51(26-18-44)72-57(64)41-32-48(61(67)68)34-49(33-41)62(69)70/h3-41H,1-2H3;4-34H,1-3H3. The molecular formula is C123H85N5O14. The van der Waals surface area contributed by atoms with Crippen LogP contribution in [0.1, 0.15) is 105 Å². The minimum absolute atomic E-state index is 0.0296. The largest absolute Gasteiger partial charge is 0.423 e. The van der Waals surface area contributed by atoms with Crippen LogP contribution in [-0.4, -0.2) is 38.6 Å². The number of carbonyl (C=O) groups is 4. The van der Waals surface area contributed by atoms with E-state index in [0.29, 0.717) is 28.2 Å². The molecule has 0 fully saturated rings. The molecule has 19 nitrogen and oxygen atoms in total. The van der Waals surface area contributed by atoms with E-state index in [4.69, 9.17) is 18.9 Å². The van der Waals surface area contributed by atoms with Gasteiger partial charge in [0.2, 0.25) is 0 Å². The van der Waals surface area contributed by atoms with Crippen LogP contribution in [0.2, 0.25) is 0 Å². The van der Waals surface area contributed by atoms with Crippen molar-refractivity contribution < 1.29 is 52.9 Å². The van der Waals surface area contributed by atoms with Crippen molar-refractivity contribution in [1.82, 2.24) is 0 Å². The van der Waals surface area contributed by atoms with Gasteiger partial charge in [-0.15, -0.1) is 0 Å². The Hall–Kier alpha value is -18.9. The molecule has 22 aromatic rings. The van der Waals surface area contributed by atoms with Gasteiger partial charge in [-0.1, -0.05) is 266 Å². The maximum atomic E-state index is 13.4. The van der Waals surface area contributed by atoms with E-state index in [1.54, 1.807) is 55.5 Å². The number of nitro benzene ring substituents is 3. The minimum Gasteiger partial charge on any atom is -0.423 e. The Balaban J connectivity index is 0.000000168. The molecule has 22 aromatic carbocycles. The molecular weight excluding hydrogens is 1770 g/mol. The first kappa shape index (κ1) is 89.6. The molecule has 0 saturated carbocycles. The number of benzene rings is 22. The second-order valence-electron chi connectivity index (χ2n) is 35.9. The number of ether oxygens (including phenoxy) is 4. The summed E-state index contributed by atoms with van der Waals surface area (Å²) in [5.74, 6) is -1.47. The summed E-state index contributed by atoms with van der Waals surface area (Å²) in [6.45, 7) is 10.0. The van der Waals surface area contributed by atoms with Crippen LogP contribution < -0.4 is 28.7 Å². The number of aryl methyl sites for hydroxylation is 3. The summed E-state index contributed by atoms with van der Waals surface area (Å²) in [4.78, 5) is 90.4. The summed E-state index contributed by atoms with van der Waals surface area (Å²) in [5, 5.41) is 53.0. The van der Waals surface area contributed by atoms with Crippen molar-refractivity contribution in [3.8, 4) is 23.0 Å². The first-order valence-corrected chi connectivity index (χ1v) is 46.2. The number of anilines is 6. The van der Waals surface area contributed by atoms with Crippen molar-refractivity contribution >= 4 is 161 Å². The second-order valence-corrected chi connectivity index (χ2v) is 35.9. The molecule has 0 amide bonds. The zero-order valence-electron chi connectivity index (χ0n) is 77.4. The fourth-order valence-corrected chi connectivity index (χ4v) is 19.6. The summed E-state index contributed by atoms with van der Waals surface area (Å²) >= 11 is 0. The maximum absolute atomic E-state index is 13.4. The number of carbonyl (C=O) groups excluding carboxylic acids is 4. The molecule has 0 N–H and O–H groups in total. The third kappa shape index (κ3) is 17.2. The maximum Gasteiger partial charge on any atom is 0.344 e. The molecule has 0 radical (unpaired) electrons. The summed E-state index contributed by atoms with van der Waals surface area (Å²) in [7, 11) is 0. The Morgan fingerprint density at radius 1 is 0.232 bits per heavy atom. The molecule has 22 rings (SSSR count). The molecule has 0 spiro atoms. The molecule has 0 aliphatic heterocycles. The molecule has 0 heterocycles. The van der Waals surface area contributed by atoms with Crippen LogP contribution in [0.25, 0.3) is 86.2 Å². The van der Waals surface area contributed by atoms with Gasteiger partial charge in [0.1, 0.15) is 23.0 Å². The lowest BCUT2D eigenvalue weighted by Crippen LogP contribution is -2.25. The number of fused-ring (bicyclic) bond motifs is 2. The van der Waals surface area contributed by atoms with Gasteiger partial charge in [-0.3, -0.25) is 30.3 Å². The van der Waals surface area contributed by atoms with Gasteiger partial charge in [0.25, 0.3) is 17.1 Å². The van der Waals surface area contributed by atoms with Gasteiger partial charge in [0.15, 0.2) is 0 Å². The molecule has 0 aliphatic rings. The summed E-state index contributed by atoms with van der Waals surface area (Å²) < 4.78 is 23.2. The van der Waals surface area contributed by atoms with Crippen LogP contribution in [0.4, 0.5) is 51.2 Å². The van der Waals surface area contributed by atoms with E-state index in [1.165, 1.54) is 66.9 Å². The predicted octanol–water partition coefficient (Wildman–Crippen LogP) is 30.6. The number of nitrogens with zero attached hydrogens (tertiary/aromatic N) is 5. The van der Waals surface area contributed by atoms with Crippen LogP contribution in [0.5, 0.6) is 23.0 Å². The Kier molecular flexibility index (Phi) is 23.3. The predicted molar refractivity (Wildman–Crippen MR) is 561 cm³/mol. The molecule has 0 aromatic heterocycles. The van der Waals surface area contributed by atoms with Gasteiger partial charge in [0, 0.05) is 68.6 Å². The monoisotopic (exact) mass is 1860 g/mol. The second kappa shape index (κ2) is 37.0. The Morgan fingerprint density at radius 2 is 0.486 bits per heavy atom. The molecule has 142 heavy (non-hydrogen) atoms. The summed E-state index contributed by atoms with van der Waals surface area (Å²) in [6, 6.07) is 136. The zero-order valence-corrected chi connectivity index (χ0v) is 77.4. The minimum atomic E-state index is -1.03. The van der Waals surface area contributed by atoms with Crippen LogP contribution in [0.15, 0.2) is 425 Å². The fraction of sp³-hybridized carbons (Fsp3) is 0.0569. The zero-order chi connectivity index (χ0) is 97.8. The van der Waals surface area contributed by atoms with E-state index in [2.05, 4.69) is 225 Å². The van der Waals surface area contributed by atoms with Gasteiger partial charge in [-0.25, -0.2) is 19.2 Å². The lowest BCUT2D eigenvalue weighted by atomic mass is 9.71. The molecule has 1 atom stereocenters. The number of non-ortho nitro benzene ring substituents is 3. The van der Waals surface area contributed by atoms with Gasteiger partial charge in [0.05, 0.1) is 54.5 Å². The van der Waals surface area contributed by atoms with Crippen molar-refractivity contribution in [3.05, 3.63) is 527 Å². The van der Waals surface area contributed by atoms with Crippen molar-refractivity contribution in [2.75, 3.05) is 9.80 Å². The van der Waals surface area contributed by atoms with Crippen LogP contribution in [0.3, 0.4) is 0 Å². The Morgan fingerprint density at radius 3 is 0.810 bits per heavy atom. The molecule has 0 bridgehead atoms. The van der Waals surface area contributed by atoms with E-state index >= 15 is 0 Å². The van der Waals surface area contributed by atoms with Crippen LogP contribution in [0, 0.1) is 51.1 Å². The number of hydrogen-bond donors (Lipinski definition) is 0. The topological polar surface area (TPSA) is 241 Å².